The molecule has 0 N–H and O–H groups in total. The zero-order chi connectivity index (χ0) is 15.9. The highest BCUT2D eigenvalue weighted by Gasteiger charge is 2.43. The molecule has 2 aliphatic heterocycles. The van der Waals surface area contributed by atoms with Crippen LogP contribution in [-0.4, -0.2) is 60.9 Å². The summed E-state index contributed by atoms with van der Waals surface area (Å²) in [6.07, 6.45) is 0.302. The van der Waals surface area contributed by atoms with Gasteiger partial charge in [0, 0.05) is 26.2 Å². The summed E-state index contributed by atoms with van der Waals surface area (Å²) in [5.74, 6) is -0.147. The van der Waals surface area contributed by atoms with Crippen LogP contribution in [0.2, 0.25) is 0 Å². The van der Waals surface area contributed by atoms with Crippen LogP contribution in [0.1, 0.15) is 17.5 Å². The zero-order valence-electron chi connectivity index (χ0n) is 13.5. The number of piperazine rings is 1. The van der Waals surface area contributed by atoms with Crippen LogP contribution in [0.3, 0.4) is 0 Å². The SMILES string of the molecule is Cc1cccc(N2C(=O)CC(N3CCN(C)CC3)C2=O)c1C. The third-order valence-corrected chi connectivity index (χ3v) is 4.92. The minimum absolute atomic E-state index is 0.0664. The molecule has 0 spiro atoms. The van der Waals surface area contributed by atoms with Crippen molar-refractivity contribution < 1.29 is 9.59 Å². The Morgan fingerprint density at radius 2 is 1.73 bits per heavy atom. The lowest BCUT2D eigenvalue weighted by Crippen LogP contribution is -2.51. The molecule has 1 atom stereocenters. The van der Waals surface area contributed by atoms with E-state index < -0.39 is 0 Å². The number of carbonyl (C=O) groups is 2. The normalized spacial score (nSPS) is 24.3. The van der Waals surface area contributed by atoms with E-state index in [0.717, 1.165) is 43.0 Å². The first-order valence-electron chi connectivity index (χ1n) is 7.84. The molecule has 1 aromatic rings. The zero-order valence-corrected chi connectivity index (χ0v) is 13.5. The number of likely N-dealkylation sites (N-methyl/N-ethyl adjacent to an activating group) is 1. The lowest BCUT2D eigenvalue weighted by Gasteiger charge is -2.35. The fourth-order valence-electron chi connectivity index (χ4n) is 3.27. The van der Waals surface area contributed by atoms with E-state index in [9.17, 15) is 9.59 Å². The highest BCUT2D eigenvalue weighted by molar-refractivity contribution is 6.22. The number of hydrogen-bond donors (Lipinski definition) is 0. The number of anilines is 1. The number of hydrogen-bond acceptors (Lipinski definition) is 4. The van der Waals surface area contributed by atoms with E-state index in [0.29, 0.717) is 6.42 Å². The summed E-state index contributed by atoms with van der Waals surface area (Å²) in [6, 6.07) is 5.48. The first-order chi connectivity index (χ1) is 10.5. The van der Waals surface area contributed by atoms with Gasteiger partial charge in [0.05, 0.1) is 18.2 Å². The number of carbonyl (C=O) groups excluding carboxylic acids is 2. The molecular weight excluding hydrogens is 278 g/mol. The molecule has 0 aromatic heterocycles. The molecule has 22 heavy (non-hydrogen) atoms. The maximum Gasteiger partial charge on any atom is 0.251 e. The van der Waals surface area contributed by atoms with E-state index in [4.69, 9.17) is 0 Å². The predicted molar refractivity (Wildman–Crippen MR) is 85.9 cm³/mol. The molecule has 2 aliphatic rings. The molecule has 0 radical (unpaired) electrons. The Balaban J connectivity index is 1.84. The smallest absolute Gasteiger partial charge is 0.251 e. The minimum atomic E-state index is -0.291. The Hall–Kier alpha value is -1.72. The Bertz CT molecular complexity index is 606. The Morgan fingerprint density at radius 3 is 2.41 bits per heavy atom. The molecule has 2 amide bonds. The Morgan fingerprint density at radius 1 is 1.05 bits per heavy atom. The van der Waals surface area contributed by atoms with Crippen molar-refractivity contribution in [3.05, 3.63) is 29.3 Å². The van der Waals surface area contributed by atoms with Gasteiger partial charge in [-0.3, -0.25) is 14.5 Å². The molecule has 1 aromatic carbocycles. The standard InChI is InChI=1S/C17H23N3O2/c1-12-5-4-6-14(13(12)2)20-16(21)11-15(17(20)22)19-9-7-18(3)8-10-19/h4-6,15H,7-11H2,1-3H3. The van der Waals surface area contributed by atoms with Crippen molar-refractivity contribution in [1.29, 1.82) is 0 Å². The molecule has 0 saturated carbocycles. The van der Waals surface area contributed by atoms with Crippen molar-refractivity contribution >= 4 is 17.5 Å². The van der Waals surface area contributed by atoms with Crippen LogP contribution in [0.5, 0.6) is 0 Å². The lowest BCUT2D eigenvalue weighted by molar-refractivity contribution is -0.123. The summed E-state index contributed by atoms with van der Waals surface area (Å²) >= 11 is 0. The highest BCUT2D eigenvalue weighted by atomic mass is 16.2. The molecule has 3 rings (SSSR count). The summed E-state index contributed by atoms with van der Waals surface area (Å²) in [7, 11) is 2.08. The van der Waals surface area contributed by atoms with Crippen LogP contribution in [0, 0.1) is 13.8 Å². The van der Waals surface area contributed by atoms with Crippen molar-refractivity contribution in [3.63, 3.8) is 0 Å². The molecule has 118 valence electrons. The van der Waals surface area contributed by atoms with Gasteiger partial charge in [-0.05, 0) is 38.1 Å². The number of amides is 2. The minimum Gasteiger partial charge on any atom is -0.304 e. The van der Waals surface area contributed by atoms with Crippen LogP contribution in [-0.2, 0) is 9.59 Å². The molecule has 2 fully saturated rings. The molecule has 0 bridgehead atoms. The fraction of sp³-hybridized carbons (Fsp3) is 0.529. The van der Waals surface area contributed by atoms with Gasteiger partial charge in [-0.1, -0.05) is 12.1 Å². The second kappa shape index (κ2) is 5.82. The van der Waals surface area contributed by atoms with Crippen LogP contribution < -0.4 is 4.90 Å². The molecule has 0 aliphatic carbocycles. The van der Waals surface area contributed by atoms with Gasteiger partial charge in [-0.15, -0.1) is 0 Å². The van der Waals surface area contributed by atoms with Gasteiger partial charge in [0.2, 0.25) is 5.91 Å². The van der Waals surface area contributed by atoms with Gasteiger partial charge in [0.15, 0.2) is 0 Å². The van der Waals surface area contributed by atoms with Gasteiger partial charge in [-0.25, -0.2) is 4.90 Å². The Kier molecular flexibility index (Phi) is 4.02. The Labute approximate surface area is 131 Å². The molecule has 1 unspecified atom stereocenters. The second-order valence-electron chi connectivity index (χ2n) is 6.35. The first-order valence-corrected chi connectivity index (χ1v) is 7.84. The molecule has 5 nitrogen and oxygen atoms in total. The topological polar surface area (TPSA) is 43.9 Å². The quantitative estimate of drug-likeness (QED) is 0.770. The van der Waals surface area contributed by atoms with E-state index in [2.05, 4.69) is 16.8 Å². The van der Waals surface area contributed by atoms with Crippen molar-refractivity contribution in [3.8, 4) is 0 Å². The number of rotatable bonds is 2. The number of nitrogens with zero attached hydrogens (tertiary/aromatic N) is 3. The second-order valence-corrected chi connectivity index (χ2v) is 6.35. The molecule has 5 heteroatoms. The monoisotopic (exact) mass is 301 g/mol. The van der Waals surface area contributed by atoms with Crippen molar-refractivity contribution in [1.82, 2.24) is 9.80 Å². The van der Waals surface area contributed by atoms with Crippen molar-refractivity contribution in [2.45, 2.75) is 26.3 Å². The van der Waals surface area contributed by atoms with Crippen LogP contribution in [0.4, 0.5) is 5.69 Å². The van der Waals surface area contributed by atoms with Gasteiger partial charge in [-0.2, -0.15) is 0 Å². The van der Waals surface area contributed by atoms with Crippen LogP contribution in [0.25, 0.3) is 0 Å². The van der Waals surface area contributed by atoms with E-state index in [1.54, 1.807) is 0 Å². The largest absolute Gasteiger partial charge is 0.304 e. The van der Waals surface area contributed by atoms with E-state index in [1.165, 1.54) is 4.90 Å². The summed E-state index contributed by atoms with van der Waals surface area (Å²) in [5, 5.41) is 0. The van der Waals surface area contributed by atoms with E-state index in [1.807, 2.05) is 32.0 Å². The first kappa shape index (κ1) is 15.2. The molecule has 2 heterocycles. The highest BCUT2D eigenvalue weighted by Crippen LogP contribution is 2.30. The van der Waals surface area contributed by atoms with Gasteiger partial charge in [0.1, 0.15) is 0 Å². The van der Waals surface area contributed by atoms with Gasteiger partial charge >= 0.3 is 0 Å². The lowest BCUT2D eigenvalue weighted by atomic mass is 10.1. The summed E-state index contributed by atoms with van der Waals surface area (Å²) < 4.78 is 0. The summed E-state index contributed by atoms with van der Waals surface area (Å²) in [5.41, 5.74) is 2.84. The number of benzene rings is 1. The maximum absolute atomic E-state index is 12.8. The van der Waals surface area contributed by atoms with Gasteiger partial charge < -0.3 is 4.90 Å². The predicted octanol–water partition coefficient (Wildman–Crippen LogP) is 1.18. The average molecular weight is 301 g/mol. The van der Waals surface area contributed by atoms with E-state index in [-0.39, 0.29) is 17.9 Å². The van der Waals surface area contributed by atoms with Crippen LogP contribution >= 0.6 is 0 Å². The molecule has 2 saturated heterocycles. The maximum atomic E-state index is 12.8. The van der Waals surface area contributed by atoms with Crippen molar-refractivity contribution in [2.75, 3.05) is 38.1 Å². The van der Waals surface area contributed by atoms with E-state index >= 15 is 0 Å². The van der Waals surface area contributed by atoms with Gasteiger partial charge in [0.25, 0.3) is 5.91 Å². The number of aryl methyl sites for hydroxylation is 1. The summed E-state index contributed by atoms with van der Waals surface area (Å²) in [4.78, 5) is 31.0. The molecular formula is C17H23N3O2. The third kappa shape index (κ3) is 2.55. The third-order valence-electron chi connectivity index (χ3n) is 4.92. The van der Waals surface area contributed by atoms with Crippen LogP contribution in [0.15, 0.2) is 18.2 Å². The average Bonchev–Trinajstić information content (AvgIpc) is 2.78. The number of imide groups is 1. The van der Waals surface area contributed by atoms with Crippen molar-refractivity contribution in [2.24, 2.45) is 0 Å². The fourth-order valence-corrected chi connectivity index (χ4v) is 3.27. The summed E-state index contributed by atoms with van der Waals surface area (Å²) in [6.45, 7) is 7.56.